The van der Waals surface area contributed by atoms with Gasteiger partial charge in [-0.3, -0.25) is 9.78 Å². The van der Waals surface area contributed by atoms with E-state index in [2.05, 4.69) is 10.3 Å². The standard InChI is InChI=1S/C12H15N3O2/c16-11-7-13-3-1-9(11)12(17)15-4-2-8-5-14-6-10(8)15/h1,3,7-8,10,14,16H,2,4-6H2/t8-,10+/m0/s1. The molecule has 1 aromatic heterocycles. The Bertz CT molecular complexity index is 449. The average molecular weight is 233 g/mol. The van der Waals surface area contributed by atoms with E-state index in [1.54, 1.807) is 6.07 Å². The molecule has 0 unspecified atom stereocenters. The highest BCUT2D eigenvalue weighted by Crippen LogP contribution is 2.29. The van der Waals surface area contributed by atoms with Crippen LogP contribution in [0.15, 0.2) is 18.5 Å². The zero-order chi connectivity index (χ0) is 11.8. The third-order valence-electron chi connectivity index (χ3n) is 3.74. The van der Waals surface area contributed by atoms with Gasteiger partial charge in [0, 0.05) is 31.9 Å². The predicted molar refractivity (Wildman–Crippen MR) is 61.7 cm³/mol. The lowest BCUT2D eigenvalue weighted by Crippen LogP contribution is -2.39. The Morgan fingerprint density at radius 2 is 2.41 bits per heavy atom. The van der Waals surface area contributed by atoms with E-state index >= 15 is 0 Å². The molecule has 0 bridgehead atoms. The summed E-state index contributed by atoms with van der Waals surface area (Å²) < 4.78 is 0. The molecule has 3 heterocycles. The van der Waals surface area contributed by atoms with Gasteiger partial charge in [-0.25, -0.2) is 0 Å². The molecule has 0 radical (unpaired) electrons. The topological polar surface area (TPSA) is 65.5 Å². The van der Waals surface area contributed by atoms with Crippen molar-refractivity contribution in [2.24, 2.45) is 5.92 Å². The van der Waals surface area contributed by atoms with Gasteiger partial charge in [-0.05, 0) is 18.4 Å². The molecule has 0 aliphatic carbocycles. The van der Waals surface area contributed by atoms with Crippen LogP contribution in [0.3, 0.4) is 0 Å². The molecule has 0 saturated carbocycles. The number of nitrogens with zero attached hydrogens (tertiary/aromatic N) is 2. The molecule has 90 valence electrons. The van der Waals surface area contributed by atoms with Crippen molar-refractivity contribution in [3.63, 3.8) is 0 Å². The lowest BCUT2D eigenvalue weighted by atomic mass is 10.0. The molecule has 3 rings (SSSR count). The number of pyridine rings is 1. The van der Waals surface area contributed by atoms with Crippen LogP contribution in [0.5, 0.6) is 5.75 Å². The largest absolute Gasteiger partial charge is 0.505 e. The van der Waals surface area contributed by atoms with E-state index in [1.807, 2.05) is 4.90 Å². The van der Waals surface area contributed by atoms with Gasteiger partial charge in [0.15, 0.2) is 0 Å². The van der Waals surface area contributed by atoms with Gasteiger partial charge in [0.05, 0.1) is 11.8 Å². The molecule has 5 nitrogen and oxygen atoms in total. The van der Waals surface area contributed by atoms with Crippen molar-refractivity contribution in [1.82, 2.24) is 15.2 Å². The van der Waals surface area contributed by atoms with Gasteiger partial charge in [0.25, 0.3) is 5.91 Å². The first kappa shape index (κ1) is 10.5. The van der Waals surface area contributed by atoms with Gasteiger partial charge in [0.1, 0.15) is 5.75 Å². The number of likely N-dealkylation sites (tertiary alicyclic amines) is 1. The van der Waals surface area contributed by atoms with Crippen LogP contribution in [-0.2, 0) is 0 Å². The zero-order valence-corrected chi connectivity index (χ0v) is 9.47. The Hall–Kier alpha value is -1.62. The second kappa shape index (κ2) is 4.00. The minimum atomic E-state index is -0.0823. The minimum absolute atomic E-state index is 0.0353. The second-order valence-electron chi connectivity index (χ2n) is 4.67. The van der Waals surface area contributed by atoms with Gasteiger partial charge < -0.3 is 15.3 Å². The number of aromatic nitrogens is 1. The molecular formula is C12H15N3O2. The number of fused-ring (bicyclic) bond motifs is 1. The quantitative estimate of drug-likeness (QED) is 0.728. The fourth-order valence-corrected chi connectivity index (χ4v) is 2.82. The Balaban J connectivity index is 1.85. The van der Waals surface area contributed by atoms with E-state index < -0.39 is 0 Å². The van der Waals surface area contributed by atoms with Gasteiger partial charge in [-0.15, -0.1) is 0 Å². The van der Waals surface area contributed by atoms with Crippen LogP contribution < -0.4 is 5.32 Å². The molecule has 2 saturated heterocycles. The van der Waals surface area contributed by atoms with Crippen LogP contribution in [0.4, 0.5) is 0 Å². The summed E-state index contributed by atoms with van der Waals surface area (Å²) in [7, 11) is 0. The molecule has 0 aromatic carbocycles. The molecule has 2 fully saturated rings. The predicted octanol–water partition coefficient (Wildman–Crippen LogP) is 0.221. The smallest absolute Gasteiger partial charge is 0.258 e. The van der Waals surface area contributed by atoms with Crippen molar-refractivity contribution in [1.29, 1.82) is 0 Å². The number of hydrogen-bond acceptors (Lipinski definition) is 4. The zero-order valence-electron chi connectivity index (χ0n) is 9.47. The number of nitrogens with one attached hydrogen (secondary N) is 1. The van der Waals surface area contributed by atoms with Crippen LogP contribution in [0.1, 0.15) is 16.8 Å². The number of aromatic hydroxyl groups is 1. The van der Waals surface area contributed by atoms with Crippen LogP contribution >= 0.6 is 0 Å². The molecule has 2 N–H and O–H groups in total. The Morgan fingerprint density at radius 1 is 1.53 bits per heavy atom. The summed E-state index contributed by atoms with van der Waals surface area (Å²) in [6.45, 7) is 2.65. The van der Waals surface area contributed by atoms with E-state index in [4.69, 9.17) is 0 Å². The fourth-order valence-electron chi connectivity index (χ4n) is 2.82. The van der Waals surface area contributed by atoms with Crippen molar-refractivity contribution in [3.8, 4) is 5.75 Å². The minimum Gasteiger partial charge on any atom is -0.505 e. The fraction of sp³-hybridized carbons (Fsp3) is 0.500. The van der Waals surface area contributed by atoms with E-state index in [1.165, 1.54) is 12.4 Å². The van der Waals surface area contributed by atoms with Crippen molar-refractivity contribution in [3.05, 3.63) is 24.0 Å². The number of amides is 1. The van der Waals surface area contributed by atoms with Crippen molar-refractivity contribution < 1.29 is 9.90 Å². The molecule has 2 aliphatic heterocycles. The maximum Gasteiger partial charge on any atom is 0.258 e. The molecule has 5 heteroatoms. The summed E-state index contributed by atoms with van der Waals surface area (Å²) in [5.74, 6) is 0.455. The normalized spacial score (nSPS) is 27.2. The maximum atomic E-state index is 12.3. The summed E-state index contributed by atoms with van der Waals surface area (Å²) in [5, 5.41) is 13.0. The average Bonchev–Trinajstić information content (AvgIpc) is 2.90. The highest BCUT2D eigenvalue weighted by atomic mass is 16.3. The monoisotopic (exact) mass is 233 g/mol. The molecule has 17 heavy (non-hydrogen) atoms. The summed E-state index contributed by atoms with van der Waals surface area (Å²) in [4.78, 5) is 18.0. The van der Waals surface area contributed by atoms with Crippen LogP contribution in [0.25, 0.3) is 0 Å². The number of hydrogen-bond donors (Lipinski definition) is 2. The summed E-state index contributed by atoms with van der Waals surface area (Å²) in [6, 6.07) is 1.86. The van der Waals surface area contributed by atoms with Crippen LogP contribution in [0.2, 0.25) is 0 Å². The Kier molecular flexibility index (Phi) is 2.48. The molecule has 2 atom stereocenters. The van der Waals surface area contributed by atoms with Gasteiger partial charge >= 0.3 is 0 Å². The van der Waals surface area contributed by atoms with Gasteiger partial charge in [-0.1, -0.05) is 0 Å². The van der Waals surface area contributed by atoms with Crippen molar-refractivity contribution in [2.75, 3.05) is 19.6 Å². The number of rotatable bonds is 1. The highest BCUT2D eigenvalue weighted by Gasteiger charge is 2.40. The van der Waals surface area contributed by atoms with Crippen molar-refractivity contribution >= 4 is 5.91 Å². The Morgan fingerprint density at radius 3 is 3.24 bits per heavy atom. The first-order valence-electron chi connectivity index (χ1n) is 5.92. The molecule has 0 spiro atoms. The van der Waals surface area contributed by atoms with Gasteiger partial charge in [-0.2, -0.15) is 0 Å². The molecule has 2 aliphatic rings. The second-order valence-corrected chi connectivity index (χ2v) is 4.67. The van der Waals surface area contributed by atoms with Gasteiger partial charge in [0.2, 0.25) is 0 Å². The Labute approximate surface area is 99.5 Å². The number of carbonyl (C=O) groups is 1. The maximum absolute atomic E-state index is 12.3. The summed E-state index contributed by atoms with van der Waals surface area (Å²) in [6.07, 6.45) is 3.90. The third-order valence-corrected chi connectivity index (χ3v) is 3.74. The van der Waals surface area contributed by atoms with E-state index in [-0.39, 0.29) is 17.7 Å². The first-order valence-corrected chi connectivity index (χ1v) is 5.92. The first-order chi connectivity index (χ1) is 8.27. The molecule has 1 amide bonds. The van der Waals surface area contributed by atoms with Crippen LogP contribution in [-0.4, -0.2) is 46.6 Å². The SMILES string of the molecule is O=C(c1ccncc1O)N1CC[C@H]2CNC[C@H]21. The molecule has 1 aromatic rings. The number of carbonyl (C=O) groups excluding carboxylic acids is 1. The van der Waals surface area contributed by atoms with E-state index in [0.717, 1.165) is 26.1 Å². The van der Waals surface area contributed by atoms with Crippen molar-refractivity contribution in [2.45, 2.75) is 12.5 Å². The lowest BCUT2D eigenvalue weighted by Gasteiger charge is -2.23. The molecular weight excluding hydrogens is 218 g/mol. The lowest BCUT2D eigenvalue weighted by molar-refractivity contribution is 0.0734. The third kappa shape index (κ3) is 1.67. The highest BCUT2D eigenvalue weighted by molar-refractivity contribution is 5.97. The van der Waals surface area contributed by atoms with Crippen LogP contribution in [0, 0.1) is 5.92 Å². The van der Waals surface area contributed by atoms with E-state index in [9.17, 15) is 9.90 Å². The summed E-state index contributed by atoms with van der Waals surface area (Å²) in [5.41, 5.74) is 0.354. The summed E-state index contributed by atoms with van der Waals surface area (Å²) >= 11 is 0. The van der Waals surface area contributed by atoms with E-state index in [0.29, 0.717) is 11.5 Å².